The van der Waals surface area contributed by atoms with Crippen molar-refractivity contribution in [2.75, 3.05) is 26.2 Å². The lowest BCUT2D eigenvalue weighted by molar-refractivity contribution is 0.344. The van der Waals surface area contributed by atoms with Gasteiger partial charge in [-0.25, -0.2) is 13.1 Å². The zero-order valence-corrected chi connectivity index (χ0v) is 12.9. The molecule has 0 bridgehead atoms. The Morgan fingerprint density at radius 2 is 2.00 bits per heavy atom. The van der Waals surface area contributed by atoms with E-state index in [2.05, 4.69) is 9.62 Å². The van der Waals surface area contributed by atoms with Gasteiger partial charge < -0.3 is 10.6 Å². The molecule has 7 heteroatoms. The van der Waals surface area contributed by atoms with Gasteiger partial charge in [-0.2, -0.15) is 0 Å². The monoisotopic (exact) mass is 317 g/mol. The summed E-state index contributed by atoms with van der Waals surface area (Å²) >= 11 is 5.97. The topological polar surface area (TPSA) is 75.4 Å². The molecule has 0 spiro atoms. The van der Waals surface area contributed by atoms with Gasteiger partial charge in [0.15, 0.2) is 0 Å². The van der Waals surface area contributed by atoms with E-state index in [0.29, 0.717) is 6.54 Å². The lowest BCUT2D eigenvalue weighted by Crippen LogP contribution is -2.33. The number of hydrogen-bond donors (Lipinski definition) is 2. The van der Waals surface area contributed by atoms with Crippen LogP contribution in [0.25, 0.3) is 0 Å². The molecule has 0 radical (unpaired) electrons. The van der Waals surface area contributed by atoms with E-state index < -0.39 is 10.0 Å². The van der Waals surface area contributed by atoms with E-state index in [1.165, 1.54) is 18.9 Å². The van der Waals surface area contributed by atoms with Gasteiger partial charge >= 0.3 is 0 Å². The van der Waals surface area contributed by atoms with Gasteiger partial charge in [0, 0.05) is 19.6 Å². The molecular formula is C13H20ClN3O2S. The van der Waals surface area contributed by atoms with Crippen LogP contribution < -0.4 is 10.5 Å². The lowest BCUT2D eigenvalue weighted by Gasteiger charge is -2.15. The van der Waals surface area contributed by atoms with Crippen LogP contribution in [0.3, 0.4) is 0 Å². The van der Waals surface area contributed by atoms with Crippen LogP contribution >= 0.6 is 11.6 Å². The first kappa shape index (κ1) is 15.7. The van der Waals surface area contributed by atoms with Crippen molar-refractivity contribution in [3.63, 3.8) is 0 Å². The first-order valence-electron chi connectivity index (χ1n) is 6.73. The van der Waals surface area contributed by atoms with Crippen LogP contribution in [0, 0.1) is 0 Å². The minimum absolute atomic E-state index is 0.100. The van der Waals surface area contributed by atoms with E-state index in [-0.39, 0.29) is 16.5 Å². The van der Waals surface area contributed by atoms with Crippen molar-refractivity contribution in [1.29, 1.82) is 0 Å². The quantitative estimate of drug-likeness (QED) is 0.826. The normalized spacial score (nSPS) is 16.7. The maximum absolute atomic E-state index is 12.2. The second-order valence-corrected chi connectivity index (χ2v) is 7.06. The van der Waals surface area contributed by atoms with Crippen LogP contribution in [-0.2, 0) is 16.6 Å². The molecule has 0 saturated carbocycles. The van der Waals surface area contributed by atoms with Crippen molar-refractivity contribution in [2.45, 2.75) is 24.3 Å². The van der Waals surface area contributed by atoms with Crippen LogP contribution in [-0.4, -0.2) is 39.5 Å². The summed E-state index contributed by atoms with van der Waals surface area (Å²) in [6.45, 7) is 3.50. The molecular weight excluding hydrogens is 298 g/mol. The number of rotatable bonds is 6. The summed E-state index contributed by atoms with van der Waals surface area (Å²) in [5, 5.41) is 0.218. The van der Waals surface area contributed by atoms with E-state index in [1.54, 1.807) is 12.1 Å². The summed E-state index contributed by atoms with van der Waals surface area (Å²) in [7, 11) is -3.58. The summed E-state index contributed by atoms with van der Waals surface area (Å²) in [4.78, 5) is 2.35. The van der Waals surface area contributed by atoms with Crippen molar-refractivity contribution < 1.29 is 8.42 Å². The third-order valence-corrected chi connectivity index (χ3v) is 5.38. The number of nitrogens with zero attached hydrogens (tertiary/aromatic N) is 1. The molecule has 1 aliphatic rings. The molecule has 0 aliphatic carbocycles. The van der Waals surface area contributed by atoms with Crippen LogP contribution in [0.4, 0.5) is 0 Å². The highest BCUT2D eigenvalue weighted by Crippen LogP contribution is 2.22. The molecule has 0 aromatic heterocycles. The second kappa shape index (κ2) is 6.87. The average molecular weight is 318 g/mol. The zero-order chi connectivity index (χ0) is 14.6. The maximum atomic E-state index is 12.2. The van der Waals surface area contributed by atoms with Crippen LogP contribution in [0.15, 0.2) is 23.1 Å². The molecule has 5 nitrogen and oxygen atoms in total. The van der Waals surface area contributed by atoms with E-state index in [9.17, 15) is 8.42 Å². The third kappa shape index (κ3) is 3.93. The van der Waals surface area contributed by atoms with Crippen molar-refractivity contribution in [2.24, 2.45) is 5.73 Å². The predicted octanol–water partition coefficient (Wildman–Crippen LogP) is 1.17. The zero-order valence-electron chi connectivity index (χ0n) is 11.3. The summed E-state index contributed by atoms with van der Waals surface area (Å²) in [5.41, 5.74) is 6.27. The van der Waals surface area contributed by atoms with Crippen LogP contribution in [0.2, 0.25) is 5.02 Å². The lowest BCUT2D eigenvalue weighted by atomic mass is 10.2. The van der Waals surface area contributed by atoms with Gasteiger partial charge in [0.05, 0.1) is 5.02 Å². The highest BCUT2D eigenvalue weighted by molar-refractivity contribution is 7.89. The fraction of sp³-hybridized carbons (Fsp3) is 0.538. The van der Waals surface area contributed by atoms with Gasteiger partial charge in [0.25, 0.3) is 0 Å². The van der Waals surface area contributed by atoms with E-state index in [4.69, 9.17) is 17.3 Å². The summed E-state index contributed by atoms with van der Waals surface area (Å²) in [5.74, 6) is 0. The first-order chi connectivity index (χ1) is 9.53. The third-order valence-electron chi connectivity index (χ3n) is 3.44. The Balaban J connectivity index is 2.01. The SMILES string of the molecule is NCc1ccc(Cl)c(S(=O)(=O)NCCN2CCCC2)c1. The molecule has 1 saturated heterocycles. The van der Waals surface area contributed by atoms with Gasteiger partial charge in [0.2, 0.25) is 10.0 Å². The van der Waals surface area contributed by atoms with Crippen molar-refractivity contribution in [3.05, 3.63) is 28.8 Å². The molecule has 3 N–H and O–H groups in total. The molecule has 1 aliphatic heterocycles. The maximum Gasteiger partial charge on any atom is 0.242 e. The Bertz CT molecular complexity index is 557. The molecule has 1 heterocycles. The Morgan fingerprint density at radius 1 is 1.30 bits per heavy atom. The van der Waals surface area contributed by atoms with Crippen molar-refractivity contribution >= 4 is 21.6 Å². The molecule has 0 unspecified atom stereocenters. The number of nitrogens with one attached hydrogen (secondary N) is 1. The Labute approximate surface area is 125 Å². The smallest absolute Gasteiger partial charge is 0.242 e. The van der Waals surface area contributed by atoms with E-state index in [0.717, 1.165) is 25.2 Å². The fourth-order valence-electron chi connectivity index (χ4n) is 2.30. The standard InChI is InChI=1S/C13H20ClN3O2S/c14-12-4-3-11(10-15)9-13(12)20(18,19)16-5-8-17-6-1-2-7-17/h3-4,9,16H,1-2,5-8,10,15H2. The number of sulfonamides is 1. The average Bonchev–Trinajstić information content (AvgIpc) is 2.92. The molecule has 112 valence electrons. The molecule has 1 aromatic rings. The summed E-state index contributed by atoms with van der Waals surface area (Å²) < 4.78 is 27.1. The molecule has 0 amide bonds. The highest BCUT2D eigenvalue weighted by Gasteiger charge is 2.19. The Hall–Kier alpha value is -0.660. The Kier molecular flexibility index (Phi) is 5.40. The molecule has 0 atom stereocenters. The van der Waals surface area contributed by atoms with E-state index in [1.807, 2.05) is 0 Å². The van der Waals surface area contributed by atoms with Crippen LogP contribution in [0.1, 0.15) is 18.4 Å². The van der Waals surface area contributed by atoms with Gasteiger partial charge in [-0.1, -0.05) is 17.7 Å². The number of benzene rings is 1. The largest absolute Gasteiger partial charge is 0.326 e. The first-order valence-corrected chi connectivity index (χ1v) is 8.59. The molecule has 1 fully saturated rings. The molecule has 20 heavy (non-hydrogen) atoms. The van der Waals surface area contributed by atoms with Gasteiger partial charge in [-0.3, -0.25) is 0 Å². The van der Waals surface area contributed by atoms with Crippen molar-refractivity contribution in [3.8, 4) is 0 Å². The van der Waals surface area contributed by atoms with Crippen molar-refractivity contribution in [1.82, 2.24) is 9.62 Å². The summed E-state index contributed by atoms with van der Waals surface area (Å²) in [6, 6.07) is 4.82. The fourth-order valence-corrected chi connectivity index (χ4v) is 3.87. The molecule has 2 rings (SSSR count). The van der Waals surface area contributed by atoms with Gasteiger partial charge in [-0.05, 0) is 43.6 Å². The van der Waals surface area contributed by atoms with E-state index >= 15 is 0 Å². The van der Waals surface area contributed by atoms with Gasteiger partial charge in [-0.15, -0.1) is 0 Å². The predicted molar refractivity (Wildman–Crippen MR) is 80.2 cm³/mol. The number of nitrogens with two attached hydrogens (primary N) is 1. The second-order valence-electron chi connectivity index (χ2n) is 4.92. The number of likely N-dealkylation sites (tertiary alicyclic amines) is 1. The minimum atomic E-state index is -3.58. The summed E-state index contributed by atoms with van der Waals surface area (Å²) in [6.07, 6.45) is 2.38. The van der Waals surface area contributed by atoms with Gasteiger partial charge in [0.1, 0.15) is 4.90 Å². The van der Waals surface area contributed by atoms with Crippen LogP contribution in [0.5, 0.6) is 0 Å². The Morgan fingerprint density at radius 3 is 2.65 bits per heavy atom. The number of hydrogen-bond acceptors (Lipinski definition) is 4. The minimum Gasteiger partial charge on any atom is -0.326 e. The highest BCUT2D eigenvalue weighted by atomic mass is 35.5. The molecule has 1 aromatic carbocycles. The number of halogens is 1.